The van der Waals surface area contributed by atoms with Crippen LogP contribution in [0.15, 0.2) is 24.7 Å². The van der Waals surface area contributed by atoms with Crippen LogP contribution in [0.1, 0.15) is 26.5 Å². The van der Waals surface area contributed by atoms with Gasteiger partial charge in [0.15, 0.2) is 0 Å². The zero-order valence-electron chi connectivity index (χ0n) is 11.1. The molecule has 0 aliphatic carbocycles. The number of nitrogens with one attached hydrogen (secondary N) is 1. The summed E-state index contributed by atoms with van der Waals surface area (Å²) in [6, 6.07) is 1.88. The molecule has 5 nitrogen and oxygen atoms in total. The van der Waals surface area contributed by atoms with Crippen LogP contribution < -0.4 is 5.32 Å². The van der Waals surface area contributed by atoms with Crippen LogP contribution in [0.4, 0.5) is 0 Å². The molecule has 0 aromatic carbocycles. The molecule has 2 N–H and O–H groups in total. The van der Waals surface area contributed by atoms with E-state index >= 15 is 0 Å². The van der Waals surface area contributed by atoms with E-state index in [4.69, 9.17) is 0 Å². The normalized spacial score (nSPS) is 15.2. The second-order valence-corrected chi connectivity index (χ2v) is 5.15. The Morgan fingerprint density at radius 1 is 1.44 bits per heavy atom. The molecule has 0 bridgehead atoms. The highest BCUT2D eigenvalue weighted by atomic mass is 16.3. The second kappa shape index (κ2) is 5.04. The molecule has 1 atom stereocenters. The largest absolute Gasteiger partial charge is 0.389 e. The highest BCUT2D eigenvalue weighted by Gasteiger charge is 2.24. The van der Waals surface area contributed by atoms with Gasteiger partial charge in [0.2, 0.25) is 5.78 Å². The smallest absolute Gasteiger partial charge is 0.233 e. The van der Waals surface area contributed by atoms with Gasteiger partial charge in [-0.15, -0.1) is 0 Å². The number of nitrogens with zero attached hydrogens (tertiary/aromatic N) is 3. The van der Waals surface area contributed by atoms with Crippen LogP contribution in [-0.4, -0.2) is 31.6 Å². The van der Waals surface area contributed by atoms with E-state index in [1.54, 1.807) is 12.4 Å². The molecule has 5 heteroatoms. The van der Waals surface area contributed by atoms with Gasteiger partial charge in [0, 0.05) is 25.5 Å². The number of aromatic nitrogens is 3. The standard InChI is InChI=1S/C13H20N4O/c1-10(2)13(3,18)9-14-7-11-8-16-12-15-5-4-6-17(11)12/h4-6,8,10,14,18H,7,9H2,1-3H3. The van der Waals surface area contributed by atoms with E-state index in [0.29, 0.717) is 18.9 Å². The van der Waals surface area contributed by atoms with E-state index < -0.39 is 5.60 Å². The minimum absolute atomic E-state index is 0.217. The molecule has 0 fully saturated rings. The summed E-state index contributed by atoms with van der Waals surface area (Å²) in [5.74, 6) is 0.916. The minimum Gasteiger partial charge on any atom is -0.389 e. The van der Waals surface area contributed by atoms with Crippen molar-refractivity contribution in [2.45, 2.75) is 32.9 Å². The number of rotatable bonds is 5. The Bertz CT molecular complexity index is 518. The van der Waals surface area contributed by atoms with Crippen LogP contribution >= 0.6 is 0 Å². The van der Waals surface area contributed by atoms with Gasteiger partial charge in [-0.1, -0.05) is 13.8 Å². The predicted octanol–water partition coefficient (Wildman–Crippen LogP) is 1.23. The zero-order valence-corrected chi connectivity index (χ0v) is 11.1. The summed E-state index contributed by atoms with van der Waals surface area (Å²) in [4.78, 5) is 8.38. The van der Waals surface area contributed by atoms with Gasteiger partial charge in [-0.2, -0.15) is 0 Å². The molecular formula is C13H20N4O. The molecule has 0 aliphatic heterocycles. The fourth-order valence-corrected chi connectivity index (χ4v) is 1.66. The summed E-state index contributed by atoms with van der Waals surface area (Å²) in [5.41, 5.74) is 0.344. The molecule has 2 aromatic heterocycles. The lowest BCUT2D eigenvalue weighted by Crippen LogP contribution is -2.42. The van der Waals surface area contributed by atoms with Crippen LogP contribution in [0.2, 0.25) is 0 Å². The maximum absolute atomic E-state index is 10.1. The van der Waals surface area contributed by atoms with Gasteiger partial charge in [-0.05, 0) is 18.9 Å². The maximum Gasteiger partial charge on any atom is 0.233 e. The Hall–Kier alpha value is -1.46. The third-order valence-corrected chi connectivity index (χ3v) is 3.40. The minimum atomic E-state index is -0.696. The first-order chi connectivity index (χ1) is 8.50. The van der Waals surface area contributed by atoms with Crippen LogP contribution in [0.25, 0.3) is 5.78 Å². The van der Waals surface area contributed by atoms with E-state index in [1.165, 1.54) is 0 Å². The highest BCUT2D eigenvalue weighted by molar-refractivity contribution is 5.30. The molecule has 0 radical (unpaired) electrons. The Morgan fingerprint density at radius 2 is 2.22 bits per heavy atom. The summed E-state index contributed by atoms with van der Waals surface area (Å²) in [7, 11) is 0. The van der Waals surface area contributed by atoms with Crippen molar-refractivity contribution < 1.29 is 5.11 Å². The summed E-state index contributed by atoms with van der Waals surface area (Å²) >= 11 is 0. The molecule has 2 aromatic rings. The van der Waals surface area contributed by atoms with Crippen molar-refractivity contribution in [2.75, 3.05) is 6.54 Å². The van der Waals surface area contributed by atoms with Crippen LogP contribution in [0, 0.1) is 5.92 Å². The van der Waals surface area contributed by atoms with Gasteiger partial charge in [-0.3, -0.25) is 4.40 Å². The molecule has 18 heavy (non-hydrogen) atoms. The SMILES string of the molecule is CC(C)C(C)(O)CNCc1cnc2ncccn12. The van der Waals surface area contributed by atoms with Crippen LogP contribution in [0.3, 0.4) is 0 Å². The Kier molecular flexibility index (Phi) is 3.63. The topological polar surface area (TPSA) is 62.5 Å². The van der Waals surface area contributed by atoms with E-state index in [9.17, 15) is 5.11 Å². The van der Waals surface area contributed by atoms with Crippen LogP contribution in [-0.2, 0) is 6.54 Å². The van der Waals surface area contributed by atoms with Gasteiger partial charge >= 0.3 is 0 Å². The molecule has 0 saturated carbocycles. The molecule has 0 aliphatic rings. The van der Waals surface area contributed by atoms with Crippen molar-refractivity contribution in [3.63, 3.8) is 0 Å². The van der Waals surface area contributed by atoms with Crippen molar-refractivity contribution >= 4 is 5.78 Å². The molecular weight excluding hydrogens is 228 g/mol. The fraction of sp³-hybridized carbons (Fsp3) is 0.538. The number of aliphatic hydroxyl groups is 1. The fourth-order valence-electron chi connectivity index (χ4n) is 1.66. The maximum atomic E-state index is 10.1. The lowest BCUT2D eigenvalue weighted by atomic mass is 9.92. The molecule has 1 unspecified atom stereocenters. The quantitative estimate of drug-likeness (QED) is 0.835. The van der Waals surface area contributed by atoms with Crippen molar-refractivity contribution in [1.29, 1.82) is 0 Å². The van der Waals surface area contributed by atoms with Crippen molar-refractivity contribution in [2.24, 2.45) is 5.92 Å². The Labute approximate surface area is 107 Å². The summed E-state index contributed by atoms with van der Waals surface area (Å²) in [6.45, 7) is 7.09. The van der Waals surface area contributed by atoms with Gasteiger partial charge in [0.25, 0.3) is 0 Å². The third kappa shape index (κ3) is 2.68. The highest BCUT2D eigenvalue weighted by Crippen LogP contribution is 2.14. The molecule has 0 amide bonds. The Balaban J connectivity index is 1.99. The van der Waals surface area contributed by atoms with E-state index in [1.807, 2.05) is 37.4 Å². The average molecular weight is 248 g/mol. The molecule has 98 valence electrons. The summed E-state index contributed by atoms with van der Waals surface area (Å²) in [6.07, 6.45) is 5.47. The van der Waals surface area contributed by atoms with Gasteiger partial charge in [-0.25, -0.2) is 9.97 Å². The first kappa shape index (κ1) is 13.0. The lowest BCUT2D eigenvalue weighted by molar-refractivity contribution is 0.0139. The third-order valence-electron chi connectivity index (χ3n) is 3.40. The van der Waals surface area contributed by atoms with Crippen molar-refractivity contribution in [3.05, 3.63) is 30.4 Å². The van der Waals surface area contributed by atoms with E-state index in [-0.39, 0.29) is 5.92 Å². The van der Waals surface area contributed by atoms with Gasteiger partial charge in [0.05, 0.1) is 17.5 Å². The Morgan fingerprint density at radius 3 is 2.94 bits per heavy atom. The lowest BCUT2D eigenvalue weighted by Gasteiger charge is -2.27. The molecule has 2 heterocycles. The van der Waals surface area contributed by atoms with Crippen LogP contribution in [0.5, 0.6) is 0 Å². The molecule has 2 rings (SSSR count). The summed E-state index contributed by atoms with van der Waals surface area (Å²) < 4.78 is 1.94. The van der Waals surface area contributed by atoms with Crippen molar-refractivity contribution in [3.8, 4) is 0 Å². The van der Waals surface area contributed by atoms with Gasteiger partial charge < -0.3 is 10.4 Å². The van der Waals surface area contributed by atoms with E-state index in [2.05, 4.69) is 15.3 Å². The number of fused-ring (bicyclic) bond motifs is 1. The first-order valence-electron chi connectivity index (χ1n) is 6.21. The van der Waals surface area contributed by atoms with Crippen molar-refractivity contribution in [1.82, 2.24) is 19.7 Å². The summed E-state index contributed by atoms with van der Waals surface area (Å²) in [5, 5.41) is 13.4. The monoisotopic (exact) mass is 248 g/mol. The number of hydrogen-bond acceptors (Lipinski definition) is 4. The first-order valence-corrected chi connectivity index (χ1v) is 6.21. The molecule has 0 spiro atoms. The number of imidazole rings is 1. The van der Waals surface area contributed by atoms with E-state index in [0.717, 1.165) is 5.69 Å². The average Bonchev–Trinajstić information content (AvgIpc) is 2.72. The molecule has 0 saturated heterocycles. The second-order valence-electron chi connectivity index (χ2n) is 5.15. The number of hydrogen-bond donors (Lipinski definition) is 2. The van der Waals surface area contributed by atoms with Gasteiger partial charge in [0.1, 0.15) is 0 Å². The zero-order chi connectivity index (χ0) is 13.2. The predicted molar refractivity (Wildman–Crippen MR) is 70.2 cm³/mol.